The lowest BCUT2D eigenvalue weighted by atomic mass is 10.1. The summed E-state index contributed by atoms with van der Waals surface area (Å²) in [7, 11) is 1.61. The topological polar surface area (TPSA) is 67.0 Å². The molecule has 0 aliphatic rings. The first kappa shape index (κ1) is 12.6. The zero-order chi connectivity index (χ0) is 13.1. The van der Waals surface area contributed by atoms with Gasteiger partial charge in [0.2, 0.25) is 0 Å². The molecule has 0 saturated heterocycles. The summed E-state index contributed by atoms with van der Waals surface area (Å²) < 4.78 is 4.99. The van der Waals surface area contributed by atoms with Crippen molar-refractivity contribution in [3.8, 4) is 0 Å². The molecule has 1 atom stereocenters. The molecule has 0 saturated carbocycles. The van der Waals surface area contributed by atoms with Crippen molar-refractivity contribution in [3.63, 3.8) is 0 Å². The predicted molar refractivity (Wildman–Crippen MR) is 69.6 cm³/mol. The Hall–Kier alpha value is -1.88. The number of aryl methyl sites for hydroxylation is 1. The van der Waals surface area contributed by atoms with Crippen LogP contribution in [-0.4, -0.2) is 35.9 Å². The SMILES string of the molecule is COCC(C)NC(=O)c1n[nH]c2ccc(C)cc12. The van der Waals surface area contributed by atoms with Crippen molar-refractivity contribution in [3.05, 3.63) is 29.5 Å². The summed E-state index contributed by atoms with van der Waals surface area (Å²) in [5, 5.41) is 10.6. The van der Waals surface area contributed by atoms with Crippen LogP contribution in [0.15, 0.2) is 18.2 Å². The third-order valence-corrected chi connectivity index (χ3v) is 2.73. The van der Waals surface area contributed by atoms with Crippen LogP contribution >= 0.6 is 0 Å². The fourth-order valence-corrected chi connectivity index (χ4v) is 1.88. The van der Waals surface area contributed by atoms with Gasteiger partial charge in [-0.05, 0) is 26.0 Å². The summed E-state index contributed by atoms with van der Waals surface area (Å²) in [6, 6.07) is 5.82. The molecule has 1 aromatic carbocycles. The van der Waals surface area contributed by atoms with Crippen LogP contribution in [0.25, 0.3) is 10.9 Å². The first-order valence-corrected chi connectivity index (χ1v) is 5.86. The number of methoxy groups -OCH3 is 1. The predicted octanol–water partition coefficient (Wildman–Crippen LogP) is 1.64. The molecule has 2 N–H and O–H groups in total. The van der Waals surface area contributed by atoms with E-state index in [0.717, 1.165) is 16.5 Å². The minimum atomic E-state index is -0.184. The number of hydrogen-bond donors (Lipinski definition) is 2. The first-order chi connectivity index (χ1) is 8.61. The number of benzene rings is 1. The van der Waals surface area contributed by atoms with Gasteiger partial charge in [-0.25, -0.2) is 0 Å². The van der Waals surface area contributed by atoms with Gasteiger partial charge in [0.1, 0.15) is 0 Å². The van der Waals surface area contributed by atoms with Gasteiger partial charge in [-0.1, -0.05) is 11.6 Å². The second-order valence-corrected chi connectivity index (χ2v) is 4.45. The molecular formula is C13H17N3O2. The quantitative estimate of drug-likeness (QED) is 0.863. The molecule has 96 valence electrons. The molecule has 0 aliphatic carbocycles. The Balaban J connectivity index is 2.25. The van der Waals surface area contributed by atoms with Crippen molar-refractivity contribution in [1.29, 1.82) is 0 Å². The number of nitrogens with one attached hydrogen (secondary N) is 2. The lowest BCUT2D eigenvalue weighted by Gasteiger charge is -2.11. The molecule has 0 bridgehead atoms. The third kappa shape index (κ3) is 2.51. The van der Waals surface area contributed by atoms with Crippen LogP contribution in [0, 0.1) is 6.92 Å². The summed E-state index contributed by atoms with van der Waals surface area (Å²) in [5.41, 5.74) is 2.39. The van der Waals surface area contributed by atoms with Gasteiger partial charge in [0.25, 0.3) is 5.91 Å². The number of carbonyl (C=O) groups excluding carboxylic acids is 1. The molecule has 1 aromatic heterocycles. The van der Waals surface area contributed by atoms with Crippen LogP contribution in [-0.2, 0) is 4.74 Å². The van der Waals surface area contributed by atoms with Gasteiger partial charge in [0.15, 0.2) is 5.69 Å². The number of amides is 1. The highest BCUT2D eigenvalue weighted by atomic mass is 16.5. The van der Waals surface area contributed by atoms with Gasteiger partial charge in [-0.3, -0.25) is 9.89 Å². The van der Waals surface area contributed by atoms with E-state index < -0.39 is 0 Å². The molecule has 1 heterocycles. The van der Waals surface area contributed by atoms with Gasteiger partial charge in [-0.2, -0.15) is 5.10 Å². The minimum Gasteiger partial charge on any atom is -0.383 e. The van der Waals surface area contributed by atoms with Crippen LogP contribution in [0.1, 0.15) is 23.0 Å². The maximum Gasteiger partial charge on any atom is 0.272 e. The summed E-state index contributed by atoms with van der Waals surface area (Å²) >= 11 is 0. The molecule has 5 nitrogen and oxygen atoms in total. The van der Waals surface area contributed by atoms with E-state index in [4.69, 9.17) is 4.74 Å². The van der Waals surface area contributed by atoms with Crippen LogP contribution in [0.5, 0.6) is 0 Å². The van der Waals surface area contributed by atoms with E-state index in [1.165, 1.54) is 0 Å². The fraction of sp³-hybridized carbons (Fsp3) is 0.385. The molecule has 1 amide bonds. The molecule has 2 aromatic rings. The largest absolute Gasteiger partial charge is 0.383 e. The number of ether oxygens (including phenoxy) is 1. The second-order valence-electron chi connectivity index (χ2n) is 4.45. The number of fused-ring (bicyclic) bond motifs is 1. The highest BCUT2D eigenvalue weighted by molar-refractivity contribution is 6.04. The van der Waals surface area contributed by atoms with E-state index in [-0.39, 0.29) is 11.9 Å². The van der Waals surface area contributed by atoms with E-state index in [1.807, 2.05) is 32.0 Å². The zero-order valence-corrected chi connectivity index (χ0v) is 10.8. The van der Waals surface area contributed by atoms with Crippen molar-refractivity contribution in [1.82, 2.24) is 15.5 Å². The Bertz CT molecular complexity index is 562. The molecule has 1 unspecified atom stereocenters. The Labute approximate surface area is 106 Å². The van der Waals surface area contributed by atoms with E-state index in [1.54, 1.807) is 7.11 Å². The average Bonchev–Trinajstić information content (AvgIpc) is 2.71. The van der Waals surface area contributed by atoms with Gasteiger partial charge in [0, 0.05) is 18.5 Å². The number of carbonyl (C=O) groups is 1. The highest BCUT2D eigenvalue weighted by Crippen LogP contribution is 2.17. The van der Waals surface area contributed by atoms with Crippen LogP contribution < -0.4 is 5.32 Å². The summed E-state index contributed by atoms with van der Waals surface area (Å²) in [6.07, 6.45) is 0. The Morgan fingerprint density at radius 3 is 3.06 bits per heavy atom. The molecule has 0 aliphatic heterocycles. The number of nitrogens with zero attached hydrogens (tertiary/aromatic N) is 1. The normalized spacial score (nSPS) is 12.6. The van der Waals surface area contributed by atoms with Crippen LogP contribution in [0.2, 0.25) is 0 Å². The van der Waals surface area contributed by atoms with Gasteiger partial charge in [-0.15, -0.1) is 0 Å². The van der Waals surface area contributed by atoms with Crippen molar-refractivity contribution < 1.29 is 9.53 Å². The monoisotopic (exact) mass is 247 g/mol. The Kier molecular flexibility index (Phi) is 3.62. The van der Waals surface area contributed by atoms with Gasteiger partial charge < -0.3 is 10.1 Å². The molecule has 18 heavy (non-hydrogen) atoms. The summed E-state index contributed by atoms with van der Waals surface area (Å²) in [4.78, 5) is 12.1. The Morgan fingerprint density at radius 2 is 2.33 bits per heavy atom. The Morgan fingerprint density at radius 1 is 1.56 bits per heavy atom. The van der Waals surface area contributed by atoms with E-state index in [0.29, 0.717) is 12.3 Å². The minimum absolute atomic E-state index is 0.0425. The second kappa shape index (κ2) is 5.18. The van der Waals surface area contributed by atoms with Gasteiger partial charge in [0.05, 0.1) is 12.1 Å². The molecule has 0 spiro atoms. The molecule has 0 radical (unpaired) electrons. The smallest absolute Gasteiger partial charge is 0.272 e. The van der Waals surface area contributed by atoms with E-state index in [2.05, 4.69) is 15.5 Å². The number of hydrogen-bond acceptors (Lipinski definition) is 3. The van der Waals surface area contributed by atoms with Crippen molar-refractivity contribution >= 4 is 16.8 Å². The number of rotatable bonds is 4. The fourth-order valence-electron chi connectivity index (χ4n) is 1.88. The van der Waals surface area contributed by atoms with E-state index >= 15 is 0 Å². The third-order valence-electron chi connectivity index (χ3n) is 2.73. The standard InChI is InChI=1S/C13H17N3O2/c1-8-4-5-11-10(6-8)12(16-15-11)13(17)14-9(2)7-18-3/h4-6,9H,7H2,1-3H3,(H,14,17)(H,15,16). The summed E-state index contributed by atoms with van der Waals surface area (Å²) in [6.45, 7) is 4.36. The summed E-state index contributed by atoms with van der Waals surface area (Å²) in [5.74, 6) is -0.184. The van der Waals surface area contributed by atoms with Gasteiger partial charge >= 0.3 is 0 Å². The van der Waals surface area contributed by atoms with Crippen molar-refractivity contribution in [2.24, 2.45) is 0 Å². The van der Waals surface area contributed by atoms with E-state index in [9.17, 15) is 4.79 Å². The van der Waals surface area contributed by atoms with Crippen molar-refractivity contribution in [2.75, 3.05) is 13.7 Å². The first-order valence-electron chi connectivity index (χ1n) is 5.86. The van der Waals surface area contributed by atoms with Crippen LogP contribution in [0.4, 0.5) is 0 Å². The number of aromatic nitrogens is 2. The zero-order valence-electron chi connectivity index (χ0n) is 10.8. The van der Waals surface area contributed by atoms with Crippen molar-refractivity contribution in [2.45, 2.75) is 19.9 Å². The number of H-pyrrole nitrogens is 1. The molecule has 2 rings (SSSR count). The maximum absolute atomic E-state index is 12.1. The molecular weight excluding hydrogens is 230 g/mol. The highest BCUT2D eigenvalue weighted by Gasteiger charge is 2.15. The molecule has 5 heteroatoms. The number of aromatic amines is 1. The maximum atomic E-state index is 12.1. The lowest BCUT2D eigenvalue weighted by molar-refractivity contribution is 0.0902. The van der Waals surface area contributed by atoms with Crippen LogP contribution in [0.3, 0.4) is 0 Å². The average molecular weight is 247 g/mol. The lowest BCUT2D eigenvalue weighted by Crippen LogP contribution is -2.35. The molecule has 0 fully saturated rings.